The summed E-state index contributed by atoms with van der Waals surface area (Å²) >= 11 is 1.75. The minimum atomic E-state index is -0.185. The maximum absolute atomic E-state index is 11.7. The molecule has 1 N–H and O–H groups in total. The van der Waals surface area contributed by atoms with Gasteiger partial charge in [0.25, 0.3) is 0 Å². The van der Waals surface area contributed by atoms with Crippen LogP contribution >= 0.6 is 11.3 Å². The van der Waals surface area contributed by atoms with Crippen molar-refractivity contribution in [2.45, 2.75) is 52.6 Å². The second-order valence-corrected chi connectivity index (χ2v) is 6.93. The number of carbonyl (C=O) groups is 1. The van der Waals surface area contributed by atoms with Gasteiger partial charge in [-0.2, -0.15) is 0 Å². The lowest BCUT2D eigenvalue weighted by molar-refractivity contribution is 0.0943. The zero-order valence-electron chi connectivity index (χ0n) is 13.3. The molecule has 1 fully saturated rings. The van der Waals surface area contributed by atoms with Crippen molar-refractivity contribution in [2.75, 3.05) is 19.7 Å². The zero-order valence-corrected chi connectivity index (χ0v) is 14.1. The maximum Gasteiger partial charge on any atom is 0.409 e. The lowest BCUT2D eigenvalue weighted by atomic mass is 10.0. The highest BCUT2D eigenvalue weighted by Gasteiger charge is 2.25. The molecule has 1 unspecified atom stereocenters. The van der Waals surface area contributed by atoms with Crippen LogP contribution in [0, 0.1) is 13.8 Å². The molecular formula is C15H25N3O2S. The van der Waals surface area contributed by atoms with Crippen molar-refractivity contribution in [3.8, 4) is 0 Å². The topological polar surface area (TPSA) is 54.5 Å². The van der Waals surface area contributed by atoms with Crippen LogP contribution in [0.15, 0.2) is 0 Å². The molecule has 0 aromatic carbocycles. The van der Waals surface area contributed by atoms with Gasteiger partial charge in [-0.25, -0.2) is 9.78 Å². The maximum atomic E-state index is 11.7. The van der Waals surface area contributed by atoms with Gasteiger partial charge >= 0.3 is 6.09 Å². The molecular weight excluding hydrogens is 286 g/mol. The first kappa shape index (κ1) is 16.2. The van der Waals surface area contributed by atoms with Crippen LogP contribution in [0.5, 0.6) is 0 Å². The van der Waals surface area contributed by atoms with E-state index in [9.17, 15) is 4.79 Å². The second kappa shape index (κ2) is 7.22. The van der Waals surface area contributed by atoms with E-state index in [-0.39, 0.29) is 12.1 Å². The Morgan fingerprint density at radius 3 is 2.67 bits per heavy atom. The molecule has 1 aliphatic rings. The van der Waals surface area contributed by atoms with E-state index >= 15 is 0 Å². The van der Waals surface area contributed by atoms with Crippen molar-refractivity contribution in [1.29, 1.82) is 0 Å². The van der Waals surface area contributed by atoms with Crippen molar-refractivity contribution in [2.24, 2.45) is 0 Å². The number of rotatable bonds is 4. The summed E-state index contributed by atoms with van der Waals surface area (Å²) in [6.45, 7) is 10.1. The van der Waals surface area contributed by atoms with Crippen molar-refractivity contribution < 1.29 is 9.53 Å². The fourth-order valence-corrected chi connectivity index (χ4v) is 3.74. The average Bonchev–Trinajstić information content (AvgIpc) is 2.79. The summed E-state index contributed by atoms with van der Waals surface area (Å²) in [4.78, 5) is 19.4. The third-order valence-corrected chi connectivity index (χ3v) is 4.76. The van der Waals surface area contributed by atoms with Crippen molar-refractivity contribution in [3.05, 3.63) is 15.6 Å². The van der Waals surface area contributed by atoms with Crippen LogP contribution < -0.4 is 5.32 Å². The average molecular weight is 311 g/mol. The smallest absolute Gasteiger partial charge is 0.409 e. The Kier molecular flexibility index (Phi) is 5.58. The van der Waals surface area contributed by atoms with E-state index in [4.69, 9.17) is 4.74 Å². The molecule has 1 saturated heterocycles. The van der Waals surface area contributed by atoms with Crippen LogP contribution in [0.25, 0.3) is 0 Å². The number of hydrogen-bond acceptors (Lipinski definition) is 5. The molecule has 1 aromatic heterocycles. The summed E-state index contributed by atoms with van der Waals surface area (Å²) in [5.74, 6) is 0. The number of thiazole rings is 1. The van der Waals surface area contributed by atoms with Crippen molar-refractivity contribution >= 4 is 17.4 Å². The van der Waals surface area contributed by atoms with E-state index in [1.165, 1.54) is 4.88 Å². The molecule has 0 aliphatic carbocycles. The molecule has 1 aromatic rings. The quantitative estimate of drug-likeness (QED) is 0.928. The second-order valence-electron chi connectivity index (χ2n) is 5.52. The van der Waals surface area contributed by atoms with Gasteiger partial charge in [-0.1, -0.05) is 0 Å². The highest BCUT2D eigenvalue weighted by molar-refractivity contribution is 7.11. The van der Waals surface area contributed by atoms with E-state index < -0.39 is 0 Å². The van der Waals surface area contributed by atoms with E-state index in [1.54, 1.807) is 16.2 Å². The summed E-state index contributed by atoms with van der Waals surface area (Å²) < 4.78 is 5.04. The van der Waals surface area contributed by atoms with E-state index in [0.29, 0.717) is 12.6 Å². The molecule has 2 heterocycles. The molecule has 6 heteroatoms. The Morgan fingerprint density at radius 1 is 1.48 bits per heavy atom. The van der Waals surface area contributed by atoms with Crippen LogP contribution in [0.3, 0.4) is 0 Å². The van der Waals surface area contributed by atoms with Gasteiger partial charge in [-0.05, 0) is 40.5 Å². The van der Waals surface area contributed by atoms with Gasteiger partial charge in [-0.15, -0.1) is 11.3 Å². The summed E-state index contributed by atoms with van der Waals surface area (Å²) in [6, 6.07) is 0.696. The zero-order chi connectivity index (χ0) is 15.4. The number of nitrogens with one attached hydrogen (secondary N) is 1. The van der Waals surface area contributed by atoms with Crippen molar-refractivity contribution in [3.63, 3.8) is 0 Å². The standard InChI is InChI=1S/C15H25N3O2S/c1-5-20-15(19)18-8-6-13(7-9-18)16-10(2)14-11(3)21-12(4)17-14/h10,13,16H,5-9H2,1-4H3. The highest BCUT2D eigenvalue weighted by Crippen LogP contribution is 2.24. The largest absolute Gasteiger partial charge is 0.450 e. The summed E-state index contributed by atoms with van der Waals surface area (Å²) in [7, 11) is 0. The van der Waals surface area contributed by atoms with Gasteiger partial charge in [-0.3, -0.25) is 0 Å². The summed E-state index contributed by atoms with van der Waals surface area (Å²) in [6.07, 6.45) is 1.74. The van der Waals surface area contributed by atoms with Gasteiger partial charge in [0.15, 0.2) is 0 Å². The molecule has 1 amide bonds. The van der Waals surface area contributed by atoms with Crippen molar-refractivity contribution in [1.82, 2.24) is 15.2 Å². The molecule has 0 bridgehead atoms. The first-order chi connectivity index (χ1) is 10.0. The lowest BCUT2D eigenvalue weighted by Gasteiger charge is -2.33. The number of hydrogen-bond donors (Lipinski definition) is 1. The number of ether oxygens (including phenoxy) is 1. The Labute approximate surface area is 130 Å². The van der Waals surface area contributed by atoms with Gasteiger partial charge in [0, 0.05) is 30.1 Å². The van der Waals surface area contributed by atoms with Crippen LogP contribution in [0.1, 0.15) is 48.3 Å². The van der Waals surface area contributed by atoms with E-state index in [1.807, 2.05) is 13.8 Å². The fourth-order valence-electron chi connectivity index (χ4n) is 2.82. The number of nitrogens with zero attached hydrogens (tertiary/aromatic N) is 2. The third-order valence-electron chi connectivity index (χ3n) is 3.86. The van der Waals surface area contributed by atoms with E-state index in [0.717, 1.165) is 36.6 Å². The van der Waals surface area contributed by atoms with Gasteiger partial charge < -0.3 is 15.0 Å². The molecule has 0 radical (unpaired) electrons. The van der Waals surface area contributed by atoms with Crippen LogP contribution in [-0.4, -0.2) is 41.7 Å². The van der Waals surface area contributed by atoms with Gasteiger partial charge in [0.2, 0.25) is 0 Å². The SMILES string of the molecule is CCOC(=O)N1CCC(NC(C)c2nc(C)sc2C)CC1. The molecule has 21 heavy (non-hydrogen) atoms. The van der Waals surface area contributed by atoms with Crippen LogP contribution in [0.2, 0.25) is 0 Å². The fraction of sp³-hybridized carbons (Fsp3) is 0.733. The van der Waals surface area contributed by atoms with Crippen LogP contribution in [0.4, 0.5) is 4.79 Å². The minimum Gasteiger partial charge on any atom is -0.450 e. The number of carbonyl (C=O) groups excluding carboxylic acids is 1. The van der Waals surface area contributed by atoms with Gasteiger partial charge in [0.05, 0.1) is 17.3 Å². The molecule has 1 aliphatic heterocycles. The highest BCUT2D eigenvalue weighted by atomic mass is 32.1. The molecule has 5 nitrogen and oxygen atoms in total. The molecule has 2 rings (SSSR count). The summed E-state index contributed by atoms with van der Waals surface area (Å²) in [5, 5.41) is 4.76. The number of piperidine rings is 1. The minimum absolute atomic E-state index is 0.185. The Morgan fingerprint density at radius 2 is 2.14 bits per heavy atom. The number of aryl methyl sites for hydroxylation is 2. The van der Waals surface area contributed by atoms with Crippen LogP contribution in [-0.2, 0) is 4.74 Å². The number of likely N-dealkylation sites (tertiary alicyclic amines) is 1. The lowest BCUT2D eigenvalue weighted by Crippen LogP contribution is -2.45. The Hall–Kier alpha value is -1.14. The Bertz CT molecular complexity index is 481. The summed E-state index contributed by atoms with van der Waals surface area (Å²) in [5.41, 5.74) is 1.16. The number of aromatic nitrogens is 1. The van der Waals surface area contributed by atoms with E-state index in [2.05, 4.69) is 24.1 Å². The van der Waals surface area contributed by atoms with Gasteiger partial charge in [0.1, 0.15) is 0 Å². The first-order valence-corrected chi connectivity index (χ1v) is 8.44. The first-order valence-electron chi connectivity index (χ1n) is 7.63. The Balaban J connectivity index is 1.83. The number of amides is 1. The monoisotopic (exact) mass is 311 g/mol. The molecule has 0 spiro atoms. The predicted molar refractivity (Wildman–Crippen MR) is 84.8 cm³/mol. The molecule has 0 saturated carbocycles. The predicted octanol–water partition coefficient (Wildman–Crippen LogP) is 3.03. The molecule has 1 atom stereocenters. The third kappa shape index (κ3) is 4.17. The molecule has 118 valence electrons. The normalized spacial score (nSPS) is 17.8.